The van der Waals surface area contributed by atoms with E-state index >= 15 is 0 Å². The van der Waals surface area contributed by atoms with Gasteiger partial charge < -0.3 is 5.32 Å². The summed E-state index contributed by atoms with van der Waals surface area (Å²) in [5, 5.41) is 13.4. The molecule has 4 nitrogen and oxygen atoms in total. The lowest BCUT2D eigenvalue weighted by Crippen LogP contribution is -2.12. The number of nitrogens with zero attached hydrogens (tertiary/aromatic N) is 2. The van der Waals surface area contributed by atoms with Gasteiger partial charge in [0.2, 0.25) is 5.91 Å². The number of unbranched alkanes of at least 4 members (excludes halogenated alkanes) is 1. The third kappa shape index (κ3) is 6.41. The highest BCUT2D eigenvalue weighted by molar-refractivity contribution is 7.99. The first-order chi connectivity index (χ1) is 12.1. The maximum Gasteiger partial charge on any atom is 0.225 e. The van der Waals surface area contributed by atoms with Crippen LogP contribution in [0.2, 0.25) is 5.02 Å². The van der Waals surface area contributed by atoms with Gasteiger partial charge in [0.25, 0.3) is 0 Å². The number of amides is 1. The van der Waals surface area contributed by atoms with E-state index in [-0.39, 0.29) is 5.91 Å². The highest BCUT2D eigenvalue weighted by atomic mass is 35.5. The summed E-state index contributed by atoms with van der Waals surface area (Å²) in [6.45, 7) is 2.14. The number of halogens is 1. The van der Waals surface area contributed by atoms with Crippen molar-refractivity contribution in [2.45, 2.75) is 37.6 Å². The Morgan fingerprint density at radius 1 is 1.28 bits per heavy atom. The molecule has 1 amide bonds. The quantitative estimate of drug-likeness (QED) is 0.656. The Bertz CT molecular complexity index is 756. The molecule has 0 fully saturated rings. The van der Waals surface area contributed by atoms with Gasteiger partial charge in [0.05, 0.1) is 5.56 Å². The van der Waals surface area contributed by atoms with Crippen LogP contribution in [0.1, 0.15) is 37.4 Å². The van der Waals surface area contributed by atoms with Gasteiger partial charge in [-0.15, -0.1) is 11.8 Å². The molecule has 0 spiro atoms. The van der Waals surface area contributed by atoms with Crippen LogP contribution in [0.15, 0.2) is 41.4 Å². The van der Waals surface area contributed by atoms with Crippen molar-refractivity contribution in [1.29, 1.82) is 5.26 Å². The summed E-state index contributed by atoms with van der Waals surface area (Å²) in [4.78, 5) is 16.6. The molecule has 1 heterocycles. The molecular formula is C19H20ClN3OS. The van der Waals surface area contributed by atoms with Gasteiger partial charge in [0.1, 0.15) is 11.1 Å². The summed E-state index contributed by atoms with van der Waals surface area (Å²) in [5.74, 6) is 0.494. The molecule has 2 rings (SSSR count). The molecular weight excluding hydrogens is 354 g/mol. The predicted octanol–water partition coefficient (Wildman–Crippen LogP) is 5.07. The predicted molar refractivity (Wildman–Crippen MR) is 103 cm³/mol. The Morgan fingerprint density at radius 2 is 2.04 bits per heavy atom. The van der Waals surface area contributed by atoms with Crippen LogP contribution in [0.5, 0.6) is 0 Å². The van der Waals surface area contributed by atoms with E-state index in [4.69, 9.17) is 11.6 Å². The Kier molecular flexibility index (Phi) is 7.77. The Morgan fingerprint density at radius 3 is 2.72 bits per heavy atom. The molecule has 0 aliphatic rings. The summed E-state index contributed by atoms with van der Waals surface area (Å²) < 4.78 is 0. The number of thioether (sulfide) groups is 1. The van der Waals surface area contributed by atoms with Crippen molar-refractivity contribution in [2.24, 2.45) is 0 Å². The van der Waals surface area contributed by atoms with Crippen LogP contribution < -0.4 is 5.32 Å². The second kappa shape index (κ2) is 10.1. The zero-order valence-electron chi connectivity index (χ0n) is 14.1. The summed E-state index contributed by atoms with van der Waals surface area (Å²) in [6.07, 6.45) is 3.44. The first kappa shape index (κ1) is 19.3. The SMILES string of the molecule is CCCCc1ccc(C#N)c(SCCC(=O)Nc2ccc(Cl)cc2)n1. The molecule has 0 atom stereocenters. The van der Waals surface area contributed by atoms with E-state index in [0.717, 1.165) is 30.6 Å². The van der Waals surface area contributed by atoms with Crippen LogP contribution in [0.4, 0.5) is 5.69 Å². The number of aromatic nitrogens is 1. The van der Waals surface area contributed by atoms with Crippen LogP contribution in [0.25, 0.3) is 0 Å². The van der Waals surface area contributed by atoms with Gasteiger partial charge in [0.15, 0.2) is 0 Å². The normalized spacial score (nSPS) is 10.3. The zero-order chi connectivity index (χ0) is 18.1. The van der Waals surface area contributed by atoms with Gasteiger partial charge in [-0.05, 0) is 49.2 Å². The topological polar surface area (TPSA) is 65.8 Å². The van der Waals surface area contributed by atoms with Crippen molar-refractivity contribution in [3.63, 3.8) is 0 Å². The average Bonchev–Trinajstić information content (AvgIpc) is 2.62. The lowest BCUT2D eigenvalue weighted by atomic mass is 10.2. The zero-order valence-corrected chi connectivity index (χ0v) is 15.7. The molecule has 2 aromatic rings. The number of pyridine rings is 1. The molecule has 1 aromatic heterocycles. The van der Waals surface area contributed by atoms with Crippen molar-refractivity contribution < 1.29 is 4.79 Å². The van der Waals surface area contributed by atoms with E-state index in [2.05, 4.69) is 23.3 Å². The number of carbonyl (C=O) groups excluding carboxylic acids is 1. The first-order valence-electron chi connectivity index (χ1n) is 8.20. The van der Waals surface area contributed by atoms with Gasteiger partial charge in [-0.3, -0.25) is 4.79 Å². The van der Waals surface area contributed by atoms with Gasteiger partial charge in [-0.2, -0.15) is 5.26 Å². The third-order valence-corrected chi connectivity index (χ3v) is 4.77. The lowest BCUT2D eigenvalue weighted by Gasteiger charge is -2.07. The fraction of sp³-hybridized carbons (Fsp3) is 0.316. The molecule has 0 aliphatic heterocycles. The minimum atomic E-state index is -0.0736. The second-order valence-corrected chi connectivity index (χ2v) is 7.04. The van der Waals surface area contributed by atoms with Crippen LogP contribution in [0, 0.1) is 11.3 Å². The van der Waals surface area contributed by atoms with E-state index in [1.54, 1.807) is 24.3 Å². The Hall–Kier alpha value is -2.03. The monoisotopic (exact) mass is 373 g/mol. The van der Waals surface area contributed by atoms with E-state index in [0.29, 0.717) is 27.8 Å². The fourth-order valence-corrected chi connectivity index (χ4v) is 3.23. The lowest BCUT2D eigenvalue weighted by molar-refractivity contribution is -0.115. The number of rotatable bonds is 8. The van der Waals surface area contributed by atoms with Crippen molar-refractivity contribution in [1.82, 2.24) is 4.98 Å². The van der Waals surface area contributed by atoms with Crippen molar-refractivity contribution in [3.8, 4) is 6.07 Å². The van der Waals surface area contributed by atoms with Crippen LogP contribution in [-0.4, -0.2) is 16.6 Å². The minimum absolute atomic E-state index is 0.0736. The maximum atomic E-state index is 12.0. The van der Waals surface area contributed by atoms with Crippen molar-refractivity contribution in [3.05, 3.63) is 52.7 Å². The summed E-state index contributed by atoms with van der Waals surface area (Å²) in [5.41, 5.74) is 2.27. The van der Waals surface area contributed by atoms with E-state index in [1.165, 1.54) is 11.8 Å². The number of nitrogens with one attached hydrogen (secondary N) is 1. The highest BCUT2D eigenvalue weighted by Gasteiger charge is 2.09. The van der Waals surface area contributed by atoms with Gasteiger partial charge in [-0.25, -0.2) is 4.98 Å². The van der Waals surface area contributed by atoms with Gasteiger partial charge in [-0.1, -0.05) is 24.9 Å². The van der Waals surface area contributed by atoms with E-state index in [9.17, 15) is 10.1 Å². The van der Waals surface area contributed by atoms with E-state index < -0.39 is 0 Å². The largest absolute Gasteiger partial charge is 0.326 e. The van der Waals surface area contributed by atoms with Crippen molar-refractivity contribution in [2.75, 3.05) is 11.1 Å². The molecule has 25 heavy (non-hydrogen) atoms. The molecule has 1 N–H and O–H groups in total. The van der Waals surface area contributed by atoms with Crippen LogP contribution >= 0.6 is 23.4 Å². The van der Waals surface area contributed by atoms with Gasteiger partial charge in [0, 0.05) is 28.6 Å². The maximum absolute atomic E-state index is 12.0. The summed E-state index contributed by atoms with van der Waals surface area (Å²) in [6, 6.07) is 12.9. The number of benzene rings is 1. The third-order valence-electron chi connectivity index (χ3n) is 3.52. The molecule has 1 aromatic carbocycles. The molecule has 0 radical (unpaired) electrons. The Labute approximate surface area is 157 Å². The number of nitriles is 1. The summed E-state index contributed by atoms with van der Waals surface area (Å²) >= 11 is 7.27. The number of hydrogen-bond donors (Lipinski definition) is 1. The molecule has 130 valence electrons. The number of hydrogen-bond acceptors (Lipinski definition) is 4. The van der Waals surface area contributed by atoms with Crippen LogP contribution in [0.3, 0.4) is 0 Å². The molecule has 0 saturated heterocycles. The molecule has 6 heteroatoms. The Balaban J connectivity index is 1.88. The second-order valence-electron chi connectivity index (χ2n) is 5.52. The average molecular weight is 374 g/mol. The number of aryl methyl sites for hydroxylation is 1. The van der Waals surface area contributed by atoms with Gasteiger partial charge >= 0.3 is 0 Å². The molecule has 0 bridgehead atoms. The van der Waals surface area contributed by atoms with Crippen molar-refractivity contribution >= 4 is 35.0 Å². The molecule has 0 saturated carbocycles. The minimum Gasteiger partial charge on any atom is -0.326 e. The highest BCUT2D eigenvalue weighted by Crippen LogP contribution is 2.22. The van der Waals surface area contributed by atoms with E-state index in [1.807, 2.05) is 12.1 Å². The standard InChI is InChI=1S/C19H20ClN3OS/c1-2-3-4-16-8-5-14(13-21)19(23-16)25-12-11-18(24)22-17-9-6-15(20)7-10-17/h5-10H,2-4,11-12H2,1H3,(H,22,24). The molecule has 0 unspecified atom stereocenters. The first-order valence-corrected chi connectivity index (χ1v) is 9.57. The van der Waals surface area contributed by atoms with Crippen LogP contribution in [-0.2, 0) is 11.2 Å². The number of carbonyl (C=O) groups is 1. The smallest absolute Gasteiger partial charge is 0.225 e. The fourth-order valence-electron chi connectivity index (χ4n) is 2.17. The molecule has 0 aliphatic carbocycles. The number of anilines is 1. The summed E-state index contributed by atoms with van der Waals surface area (Å²) in [7, 11) is 0.